The molecule has 0 fully saturated rings. The zero-order chi connectivity index (χ0) is 29.5. The van der Waals surface area contributed by atoms with Gasteiger partial charge in [0, 0.05) is 40.5 Å². The van der Waals surface area contributed by atoms with E-state index in [-0.39, 0.29) is 6.98 Å². The van der Waals surface area contributed by atoms with Crippen LogP contribution in [0.1, 0.15) is 50.7 Å². The molecule has 0 atom stereocenters. The zero-order valence-corrected chi connectivity index (χ0v) is 25.3. The van der Waals surface area contributed by atoms with Crippen molar-refractivity contribution < 1.29 is 0 Å². The van der Waals surface area contributed by atoms with Crippen molar-refractivity contribution in [3.8, 4) is 33.6 Å². The molecule has 0 amide bonds. The van der Waals surface area contributed by atoms with E-state index in [1.54, 1.807) is 0 Å². The van der Waals surface area contributed by atoms with Gasteiger partial charge in [0.1, 0.15) is 5.82 Å². The molecule has 7 rings (SSSR count). The molecule has 3 nitrogen and oxygen atoms in total. The normalized spacial score (nSPS) is 12.5. The van der Waals surface area contributed by atoms with E-state index in [9.17, 15) is 0 Å². The van der Waals surface area contributed by atoms with Crippen molar-refractivity contribution in [2.75, 3.05) is 4.81 Å². The predicted molar refractivity (Wildman–Crippen MR) is 183 cm³/mol. The molecule has 4 heteroatoms. The monoisotopic (exact) mass is 557 g/mol. The first-order chi connectivity index (χ1) is 21.0. The molecule has 1 aliphatic rings. The van der Waals surface area contributed by atoms with Gasteiger partial charge in [0.15, 0.2) is 0 Å². The van der Waals surface area contributed by atoms with E-state index in [0.717, 1.165) is 11.4 Å². The molecule has 0 radical (unpaired) electrons. The summed E-state index contributed by atoms with van der Waals surface area (Å²) >= 11 is 0. The largest absolute Gasteiger partial charge is 0.422 e. The lowest BCUT2D eigenvalue weighted by atomic mass is 9.57. The van der Waals surface area contributed by atoms with Gasteiger partial charge in [-0.15, -0.1) is 0 Å². The second kappa shape index (κ2) is 11.1. The zero-order valence-electron chi connectivity index (χ0n) is 25.3. The summed E-state index contributed by atoms with van der Waals surface area (Å²) in [5.41, 5.74) is 12.4. The van der Waals surface area contributed by atoms with Gasteiger partial charge in [0.2, 0.25) is 0 Å². The van der Waals surface area contributed by atoms with E-state index in [0.29, 0.717) is 11.8 Å². The Hall–Kier alpha value is -4.83. The van der Waals surface area contributed by atoms with Crippen molar-refractivity contribution >= 4 is 23.8 Å². The van der Waals surface area contributed by atoms with Crippen LogP contribution in [0.4, 0.5) is 11.4 Å². The van der Waals surface area contributed by atoms with Crippen LogP contribution in [-0.4, -0.2) is 16.4 Å². The first kappa shape index (κ1) is 27.0. The molecule has 0 saturated carbocycles. The third-order valence-corrected chi connectivity index (χ3v) is 8.70. The average molecular weight is 558 g/mol. The van der Waals surface area contributed by atoms with Crippen LogP contribution in [0, 0.1) is 0 Å². The minimum absolute atomic E-state index is 0.129. The topological polar surface area (TPSA) is 21.1 Å². The number of hydrogen-bond acceptors (Lipinski definition) is 2. The maximum Gasteiger partial charge on any atom is 0.422 e. The van der Waals surface area contributed by atoms with Gasteiger partial charge in [0.25, 0.3) is 0 Å². The summed E-state index contributed by atoms with van der Waals surface area (Å²) in [6, 6.07) is 44.0. The third-order valence-electron chi connectivity index (χ3n) is 8.70. The van der Waals surface area contributed by atoms with Crippen molar-refractivity contribution in [1.29, 1.82) is 0 Å². The van der Waals surface area contributed by atoms with Gasteiger partial charge in [0.05, 0.1) is 0 Å². The lowest BCUT2D eigenvalue weighted by Crippen LogP contribution is -2.56. The van der Waals surface area contributed by atoms with Gasteiger partial charge in [-0.2, -0.15) is 0 Å². The molecule has 43 heavy (non-hydrogen) atoms. The highest BCUT2D eigenvalue weighted by molar-refractivity contribution is 6.78. The maximum atomic E-state index is 4.95. The first-order valence-electron chi connectivity index (χ1n) is 15.3. The number of imidazole rings is 1. The van der Waals surface area contributed by atoms with Gasteiger partial charge in [-0.05, 0) is 51.7 Å². The van der Waals surface area contributed by atoms with Gasteiger partial charge in [-0.1, -0.05) is 137 Å². The summed E-state index contributed by atoms with van der Waals surface area (Å²) in [4.78, 5) is 7.55. The van der Waals surface area contributed by atoms with E-state index in [1.165, 1.54) is 50.2 Å². The Morgan fingerprint density at radius 1 is 0.558 bits per heavy atom. The van der Waals surface area contributed by atoms with E-state index < -0.39 is 0 Å². The fourth-order valence-electron chi connectivity index (χ4n) is 6.77. The molecule has 6 aromatic rings. The fraction of sp³-hybridized carbons (Fsp3) is 0.154. The lowest BCUT2D eigenvalue weighted by molar-refractivity contribution is 0.842. The molecule has 0 N–H and O–H groups in total. The highest BCUT2D eigenvalue weighted by Gasteiger charge is 2.42. The van der Waals surface area contributed by atoms with Crippen LogP contribution in [-0.2, 0) is 0 Å². The summed E-state index contributed by atoms with van der Waals surface area (Å²) in [5.74, 6) is 1.72. The van der Waals surface area contributed by atoms with Crippen LogP contribution in [0.2, 0.25) is 0 Å². The lowest BCUT2D eigenvalue weighted by Gasteiger charge is -2.41. The fourth-order valence-corrected chi connectivity index (χ4v) is 6.77. The van der Waals surface area contributed by atoms with Crippen molar-refractivity contribution in [3.05, 3.63) is 145 Å². The number of fused-ring (bicyclic) bond motifs is 3. The number of aromatic nitrogens is 2. The third kappa shape index (κ3) is 4.58. The minimum atomic E-state index is -0.129. The van der Waals surface area contributed by atoms with Crippen molar-refractivity contribution in [2.45, 2.75) is 39.5 Å². The molecule has 2 heterocycles. The highest BCUT2D eigenvalue weighted by atomic mass is 15.2. The van der Waals surface area contributed by atoms with Crippen LogP contribution in [0.15, 0.2) is 134 Å². The molecular weight excluding hydrogens is 521 g/mol. The summed E-state index contributed by atoms with van der Waals surface area (Å²) in [6.07, 6.45) is 4.12. The molecule has 210 valence electrons. The second-order valence-corrected chi connectivity index (χ2v) is 12.0. The molecule has 1 aromatic heterocycles. The molecule has 0 unspecified atom stereocenters. The summed E-state index contributed by atoms with van der Waals surface area (Å²) in [6.45, 7) is 9.12. The molecule has 0 bridgehead atoms. The average Bonchev–Trinajstić information content (AvgIpc) is 3.54. The second-order valence-electron chi connectivity index (χ2n) is 12.0. The Kier molecular flexibility index (Phi) is 6.98. The summed E-state index contributed by atoms with van der Waals surface area (Å²) in [5, 5.41) is 0. The Labute approximate surface area is 255 Å². The number of benzene rings is 5. The van der Waals surface area contributed by atoms with Crippen molar-refractivity contribution in [2.24, 2.45) is 0 Å². The standard InChI is InChI=1S/C39H36BN3/c1-27(2)31-20-13-21-32(28(3)4)37(31)40-42-26-25-41-39(42)35-19-11-12-24-36(35)43(40)38-33(29-15-7-5-8-16-29)22-14-23-34(38)30-17-9-6-10-18-30/h5-28H,1-4H3. The number of nitrogens with zero attached hydrogens (tertiary/aromatic N) is 3. The quantitative estimate of drug-likeness (QED) is 0.190. The smallest absolute Gasteiger partial charge is 0.360 e. The molecule has 0 saturated heterocycles. The van der Waals surface area contributed by atoms with E-state index in [2.05, 4.69) is 165 Å². The minimum Gasteiger partial charge on any atom is -0.360 e. The Morgan fingerprint density at radius 3 is 1.65 bits per heavy atom. The van der Waals surface area contributed by atoms with Crippen LogP contribution >= 0.6 is 0 Å². The molecule has 1 aliphatic heterocycles. The number of hydrogen-bond donors (Lipinski definition) is 0. The van der Waals surface area contributed by atoms with Gasteiger partial charge in [-0.25, -0.2) is 4.98 Å². The highest BCUT2D eigenvalue weighted by Crippen LogP contribution is 2.48. The Balaban J connectivity index is 1.64. The van der Waals surface area contributed by atoms with Crippen LogP contribution in [0.25, 0.3) is 33.6 Å². The Bertz CT molecular complexity index is 1810. The van der Waals surface area contributed by atoms with E-state index in [1.807, 2.05) is 6.20 Å². The van der Waals surface area contributed by atoms with Crippen LogP contribution < -0.4 is 10.3 Å². The molecule has 0 aliphatic carbocycles. The summed E-state index contributed by atoms with van der Waals surface area (Å²) < 4.78 is 2.39. The Morgan fingerprint density at radius 2 is 1.07 bits per heavy atom. The number of anilines is 2. The van der Waals surface area contributed by atoms with Crippen molar-refractivity contribution in [3.63, 3.8) is 0 Å². The molecule has 0 spiro atoms. The van der Waals surface area contributed by atoms with Crippen LogP contribution in [0.3, 0.4) is 0 Å². The number of para-hydroxylation sites is 2. The van der Waals surface area contributed by atoms with Crippen molar-refractivity contribution in [1.82, 2.24) is 9.46 Å². The van der Waals surface area contributed by atoms with E-state index >= 15 is 0 Å². The van der Waals surface area contributed by atoms with E-state index in [4.69, 9.17) is 4.98 Å². The SMILES string of the molecule is CC(C)c1cccc(C(C)C)c1B1N(c2c(-c3ccccc3)cccc2-c2ccccc2)c2ccccc2-c2nccn21. The van der Waals surface area contributed by atoms with Gasteiger partial charge in [-0.3, -0.25) is 0 Å². The van der Waals surface area contributed by atoms with Crippen LogP contribution in [0.5, 0.6) is 0 Å². The number of rotatable bonds is 6. The van der Waals surface area contributed by atoms with Gasteiger partial charge < -0.3 is 9.29 Å². The van der Waals surface area contributed by atoms with Gasteiger partial charge >= 0.3 is 6.98 Å². The molecular formula is C39H36BN3. The summed E-state index contributed by atoms with van der Waals surface area (Å²) in [7, 11) is 0. The molecule has 5 aromatic carbocycles. The first-order valence-corrected chi connectivity index (χ1v) is 15.3. The maximum absolute atomic E-state index is 4.95. The predicted octanol–water partition coefficient (Wildman–Crippen LogP) is 9.53.